The Bertz CT molecular complexity index is 644. The van der Waals surface area contributed by atoms with E-state index in [2.05, 4.69) is 5.32 Å². The zero-order chi connectivity index (χ0) is 13.4. The largest absolute Gasteiger partial charge is 0.388 e. The van der Waals surface area contributed by atoms with Gasteiger partial charge in [0.25, 0.3) is 11.8 Å². The highest BCUT2D eigenvalue weighted by atomic mass is 16.2. The molecule has 1 N–H and O–H groups in total. The van der Waals surface area contributed by atoms with Crippen molar-refractivity contribution >= 4 is 23.2 Å². The van der Waals surface area contributed by atoms with E-state index in [0.717, 1.165) is 5.69 Å². The average Bonchev–Trinajstić information content (AvgIpc) is 2.72. The molecule has 94 valence electrons. The summed E-state index contributed by atoms with van der Waals surface area (Å²) in [6.07, 6.45) is 0. The molecule has 0 aromatic heterocycles. The molecule has 0 spiro atoms. The minimum atomic E-state index is -0.270. The van der Waals surface area contributed by atoms with Gasteiger partial charge in [0.2, 0.25) is 0 Å². The summed E-state index contributed by atoms with van der Waals surface area (Å²) < 4.78 is 0. The number of hydrogen-bond acceptors (Lipinski definition) is 3. The second kappa shape index (κ2) is 4.24. The zero-order valence-corrected chi connectivity index (χ0v) is 10.4. The van der Waals surface area contributed by atoms with Crippen LogP contribution in [-0.2, 0) is 0 Å². The third-order valence-corrected chi connectivity index (χ3v) is 3.19. The van der Waals surface area contributed by atoms with E-state index in [4.69, 9.17) is 0 Å². The van der Waals surface area contributed by atoms with Crippen LogP contribution in [0.2, 0.25) is 0 Å². The second-order valence-corrected chi connectivity index (χ2v) is 4.29. The van der Waals surface area contributed by atoms with Gasteiger partial charge < -0.3 is 5.32 Å². The van der Waals surface area contributed by atoms with Gasteiger partial charge in [0.15, 0.2) is 0 Å². The third kappa shape index (κ3) is 1.69. The first-order valence-electron chi connectivity index (χ1n) is 5.98. The van der Waals surface area contributed by atoms with Crippen molar-refractivity contribution in [2.45, 2.75) is 0 Å². The SMILES string of the molecule is CNc1cccc(N2C(=O)c3ccccc3C2=O)c1. The summed E-state index contributed by atoms with van der Waals surface area (Å²) in [7, 11) is 1.79. The van der Waals surface area contributed by atoms with Crippen molar-refractivity contribution < 1.29 is 9.59 Å². The number of benzene rings is 2. The Hall–Kier alpha value is -2.62. The van der Waals surface area contributed by atoms with Crippen molar-refractivity contribution in [2.75, 3.05) is 17.3 Å². The molecule has 19 heavy (non-hydrogen) atoms. The highest BCUT2D eigenvalue weighted by Gasteiger charge is 2.36. The van der Waals surface area contributed by atoms with Crippen LogP contribution in [0.4, 0.5) is 11.4 Å². The van der Waals surface area contributed by atoms with E-state index < -0.39 is 0 Å². The highest BCUT2D eigenvalue weighted by Crippen LogP contribution is 2.29. The molecule has 3 rings (SSSR count). The molecule has 0 radical (unpaired) electrons. The molecule has 0 bridgehead atoms. The van der Waals surface area contributed by atoms with Crippen molar-refractivity contribution in [1.82, 2.24) is 0 Å². The maximum absolute atomic E-state index is 12.3. The van der Waals surface area contributed by atoms with Gasteiger partial charge >= 0.3 is 0 Å². The molecule has 0 fully saturated rings. The zero-order valence-electron chi connectivity index (χ0n) is 10.4. The minimum Gasteiger partial charge on any atom is -0.388 e. The van der Waals surface area contributed by atoms with Crippen molar-refractivity contribution in [2.24, 2.45) is 0 Å². The lowest BCUT2D eigenvalue weighted by atomic mass is 10.1. The first-order chi connectivity index (χ1) is 9.22. The topological polar surface area (TPSA) is 49.4 Å². The van der Waals surface area contributed by atoms with E-state index in [1.165, 1.54) is 4.90 Å². The van der Waals surface area contributed by atoms with Crippen LogP contribution in [0.1, 0.15) is 20.7 Å². The van der Waals surface area contributed by atoms with Crippen molar-refractivity contribution in [3.8, 4) is 0 Å². The number of carbonyl (C=O) groups excluding carboxylic acids is 2. The number of imide groups is 1. The molecular formula is C15H12N2O2. The quantitative estimate of drug-likeness (QED) is 0.835. The Morgan fingerprint density at radius 1 is 0.895 bits per heavy atom. The summed E-state index contributed by atoms with van der Waals surface area (Å²) in [6.45, 7) is 0. The predicted octanol–water partition coefficient (Wildman–Crippen LogP) is 2.53. The number of nitrogens with zero attached hydrogens (tertiary/aromatic N) is 1. The van der Waals surface area contributed by atoms with Crippen LogP contribution in [0, 0.1) is 0 Å². The summed E-state index contributed by atoms with van der Waals surface area (Å²) >= 11 is 0. The fraction of sp³-hybridized carbons (Fsp3) is 0.0667. The van der Waals surface area contributed by atoms with Gasteiger partial charge in [-0.05, 0) is 30.3 Å². The highest BCUT2D eigenvalue weighted by molar-refractivity contribution is 6.34. The number of carbonyl (C=O) groups is 2. The Balaban J connectivity index is 2.08. The second-order valence-electron chi connectivity index (χ2n) is 4.29. The van der Waals surface area contributed by atoms with Crippen LogP contribution in [0.3, 0.4) is 0 Å². The number of rotatable bonds is 2. The van der Waals surface area contributed by atoms with E-state index in [1.54, 1.807) is 43.4 Å². The molecule has 0 atom stereocenters. The molecule has 4 heteroatoms. The Labute approximate surface area is 110 Å². The van der Waals surface area contributed by atoms with Gasteiger partial charge in [-0.25, -0.2) is 4.90 Å². The molecule has 1 aliphatic rings. The first kappa shape index (κ1) is 11.5. The minimum absolute atomic E-state index is 0.270. The summed E-state index contributed by atoms with van der Waals surface area (Å²) in [5, 5.41) is 2.99. The maximum atomic E-state index is 12.3. The number of hydrogen-bond donors (Lipinski definition) is 1. The molecule has 0 unspecified atom stereocenters. The fourth-order valence-electron chi connectivity index (χ4n) is 2.22. The predicted molar refractivity (Wildman–Crippen MR) is 73.6 cm³/mol. The molecule has 4 nitrogen and oxygen atoms in total. The molecule has 0 saturated carbocycles. The lowest BCUT2D eigenvalue weighted by Crippen LogP contribution is -2.29. The van der Waals surface area contributed by atoms with E-state index >= 15 is 0 Å². The number of anilines is 2. The van der Waals surface area contributed by atoms with Crippen LogP contribution in [0.25, 0.3) is 0 Å². The van der Waals surface area contributed by atoms with E-state index in [9.17, 15) is 9.59 Å². The first-order valence-corrected chi connectivity index (χ1v) is 5.98. The van der Waals surface area contributed by atoms with Crippen LogP contribution in [0.15, 0.2) is 48.5 Å². The standard InChI is InChI=1S/C15H12N2O2/c1-16-10-5-4-6-11(9-10)17-14(18)12-7-2-3-8-13(12)15(17)19/h2-9,16H,1H3. The molecule has 0 aliphatic carbocycles. The van der Waals surface area contributed by atoms with Gasteiger partial charge in [-0.2, -0.15) is 0 Å². The van der Waals surface area contributed by atoms with E-state index in [-0.39, 0.29) is 11.8 Å². The van der Waals surface area contributed by atoms with Gasteiger partial charge in [0, 0.05) is 12.7 Å². The molecule has 0 saturated heterocycles. The lowest BCUT2D eigenvalue weighted by molar-refractivity contribution is 0.0926. The van der Waals surface area contributed by atoms with E-state index in [0.29, 0.717) is 16.8 Å². The summed E-state index contributed by atoms with van der Waals surface area (Å²) in [5.41, 5.74) is 2.36. The van der Waals surface area contributed by atoms with Crippen LogP contribution in [0.5, 0.6) is 0 Å². The van der Waals surface area contributed by atoms with Crippen molar-refractivity contribution in [3.63, 3.8) is 0 Å². The summed E-state index contributed by atoms with van der Waals surface area (Å²) in [6, 6.07) is 14.1. The molecule has 2 aromatic carbocycles. The normalized spacial score (nSPS) is 13.6. The molecule has 2 amide bonds. The van der Waals surface area contributed by atoms with Gasteiger partial charge in [0.05, 0.1) is 16.8 Å². The summed E-state index contributed by atoms with van der Waals surface area (Å²) in [4.78, 5) is 25.8. The number of nitrogens with one attached hydrogen (secondary N) is 1. The van der Waals surface area contributed by atoms with Gasteiger partial charge in [-0.3, -0.25) is 9.59 Å². The van der Waals surface area contributed by atoms with Gasteiger partial charge in [-0.1, -0.05) is 18.2 Å². The van der Waals surface area contributed by atoms with Crippen molar-refractivity contribution in [1.29, 1.82) is 0 Å². The Morgan fingerprint density at radius 3 is 2.11 bits per heavy atom. The molecule has 2 aromatic rings. The Kier molecular flexibility index (Phi) is 2.56. The molecular weight excluding hydrogens is 240 g/mol. The molecule has 1 aliphatic heterocycles. The van der Waals surface area contributed by atoms with Crippen LogP contribution in [-0.4, -0.2) is 18.9 Å². The number of amides is 2. The monoisotopic (exact) mass is 252 g/mol. The third-order valence-electron chi connectivity index (χ3n) is 3.19. The smallest absolute Gasteiger partial charge is 0.266 e. The maximum Gasteiger partial charge on any atom is 0.266 e. The fourth-order valence-corrected chi connectivity index (χ4v) is 2.22. The van der Waals surface area contributed by atoms with Crippen molar-refractivity contribution in [3.05, 3.63) is 59.7 Å². The van der Waals surface area contributed by atoms with Crippen LogP contribution < -0.4 is 10.2 Å². The van der Waals surface area contributed by atoms with Gasteiger partial charge in [-0.15, -0.1) is 0 Å². The summed E-state index contributed by atoms with van der Waals surface area (Å²) in [5.74, 6) is -0.539. The van der Waals surface area contributed by atoms with Gasteiger partial charge in [0.1, 0.15) is 0 Å². The number of fused-ring (bicyclic) bond motifs is 1. The molecule has 1 heterocycles. The lowest BCUT2D eigenvalue weighted by Gasteiger charge is -2.14. The average molecular weight is 252 g/mol. The van der Waals surface area contributed by atoms with Crippen LogP contribution >= 0.6 is 0 Å². The van der Waals surface area contributed by atoms with E-state index in [1.807, 2.05) is 12.1 Å². The Morgan fingerprint density at radius 2 is 1.53 bits per heavy atom.